The van der Waals surface area contributed by atoms with Crippen LogP contribution in [0.4, 0.5) is 14.6 Å². The molecular formula is C10H8F2N2O3S. The third kappa shape index (κ3) is 3.74. The summed E-state index contributed by atoms with van der Waals surface area (Å²) in [5.74, 6) is -2.45. The maximum Gasteiger partial charge on any atom is 0.367 e. The molecule has 0 radical (unpaired) electrons. The van der Waals surface area contributed by atoms with Crippen LogP contribution in [0.1, 0.15) is 10.4 Å². The summed E-state index contributed by atoms with van der Waals surface area (Å²) in [5.41, 5.74) is 1.05. The zero-order valence-corrected chi connectivity index (χ0v) is 9.72. The Balaban J connectivity index is 2.92. The van der Waals surface area contributed by atoms with Crippen molar-refractivity contribution in [1.29, 1.82) is 0 Å². The van der Waals surface area contributed by atoms with Gasteiger partial charge in [0, 0.05) is 10.2 Å². The van der Waals surface area contributed by atoms with Gasteiger partial charge in [-0.1, -0.05) is 12.2 Å². The second-order valence-electron chi connectivity index (χ2n) is 3.08. The summed E-state index contributed by atoms with van der Waals surface area (Å²) in [6.45, 7) is -0.500. The molecule has 1 amide bonds. The van der Waals surface area contributed by atoms with Gasteiger partial charge in [-0.3, -0.25) is 9.74 Å². The largest absolute Gasteiger partial charge is 0.374 e. The first kappa shape index (κ1) is 14.0. The molecular weight excluding hydrogens is 266 g/mol. The van der Waals surface area contributed by atoms with Crippen molar-refractivity contribution in [1.82, 2.24) is 5.32 Å². The van der Waals surface area contributed by atoms with E-state index in [2.05, 4.69) is 27.8 Å². The molecule has 0 saturated carbocycles. The molecule has 1 aromatic carbocycles. The monoisotopic (exact) mass is 274 g/mol. The Hall–Kier alpha value is -2.09. The first-order valence-corrected chi connectivity index (χ1v) is 5.15. The second kappa shape index (κ2) is 6.60. The summed E-state index contributed by atoms with van der Waals surface area (Å²) in [4.78, 5) is 25.1. The second-order valence-corrected chi connectivity index (χ2v) is 3.32. The van der Waals surface area contributed by atoms with E-state index in [1.54, 1.807) is 0 Å². The molecule has 8 heteroatoms. The summed E-state index contributed by atoms with van der Waals surface area (Å²) in [6.07, 6.45) is 0. The van der Waals surface area contributed by atoms with Crippen molar-refractivity contribution >= 4 is 35.3 Å². The minimum absolute atomic E-state index is 0.0669. The smallest absolute Gasteiger partial charge is 0.367 e. The van der Waals surface area contributed by atoms with E-state index in [0.717, 1.165) is 17.6 Å². The van der Waals surface area contributed by atoms with Crippen LogP contribution >= 0.6 is 12.2 Å². The molecule has 18 heavy (non-hydrogen) atoms. The molecule has 0 fully saturated rings. The highest BCUT2D eigenvalue weighted by molar-refractivity contribution is 7.78. The highest BCUT2D eigenvalue weighted by Gasteiger charge is 2.13. The normalized spacial score (nSPS) is 9.44. The van der Waals surface area contributed by atoms with Crippen molar-refractivity contribution in [3.05, 3.63) is 29.6 Å². The van der Waals surface area contributed by atoms with Crippen LogP contribution < -0.4 is 10.6 Å². The molecule has 0 bridgehead atoms. The predicted molar refractivity (Wildman–Crippen MR) is 63.2 cm³/mol. The van der Waals surface area contributed by atoms with E-state index in [4.69, 9.17) is 0 Å². The van der Waals surface area contributed by atoms with Crippen LogP contribution in [0.5, 0.6) is 0 Å². The van der Waals surface area contributed by atoms with Crippen molar-refractivity contribution in [2.24, 2.45) is 0 Å². The number of rotatable bonds is 5. The van der Waals surface area contributed by atoms with Gasteiger partial charge in [0.1, 0.15) is 12.4 Å². The summed E-state index contributed by atoms with van der Waals surface area (Å²) in [5, 5.41) is 4.63. The van der Waals surface area contributed by atoms with Gasteiger partial charge in [0.05, 0.1) is 11.1 Å². The van der Waals surface area contributed by atoms with Crippen molar-refractivity contribution in [2.75, 3.05) is 11.9 Å². The van der Waals surface area contributed by atoms with Crippen LogP contribution in [0.15, 0.2) is 18.2 Å². The fourth-order valence-electron chi connectivity index (χ4n) is 1.18. The molecule has 96 valence electrons. The maximum atomic E-state index is 13.0. The molecule has 0 aromatic heterocycles. The van der Waals surface area contributed by atoms with E-state index in [9.17, 15) is 18.5 Å². The maximum absolute atomic E-state index is 13.0. The first-order valence-electron chi connectivity index (χ1n) is 4.68. The first-order chi connectivity index (χ1) is 8.58. The predicted octanol–water partition coefficient (Wildman–Crippen LogP) is 1.35. The number of nitrogens with one attached hydrogen (secondary N) is 2. The van der Waals surface area contributed by atoms with Crippen LogP contribution in [-0.2, 0) is 9.74 Å². The van der Waals surface area contributed by atoms with Crippen molar-refractivity contribution in [3.8, 4) is 0 Å². The van der Waals surface area contributed by atoms with Gasteiger partial charge in [-0.05, 0) is 18.2 Å². The number of thiocarbonyl (C=S) groups is 1. The lowest BCUT2D eigenvalue weighted by atomic mass is 10.1. The van der Waals surface area contributed by atoms with Gasteiger partial charge in [-0.15, -0.1) is 0 Å². The van der Waals surface area contributed by atoms with Gasteiger partial charge in [-0.25, -0.2) is 9.18 Å². The minimum Gasteiger partial charge on any atom is -0.374 e. The third-order valence-corrected chi connectivity index (χ3v) is 2.04. The average Bonchev–Trinajstić information content (AvgIpc) is 2.37. The Morgan fingerprint density at radius 2 is 2.17 bits per heavy atom. The van der Waals surface area contributed by atoms with E-state index < -0.39 is 24.2 Å². The molecule has 0 heterocycles. The molecule has 0 unspecified atom stereocenters. The molecule has 5 nitrogen and oxygen atoms in total. The van der Waals surface area contributed by atoms with Gasteiger partial charge in [0.2, 0.25) is 0 Å². The number of amides is 1. The Bertz CT molecular complexity index is 482. The Morgan fingerprint density at radius 3 is 2.78 bits per heavy atom. The molecule has 0 aliphatic carbocycles. The van der Waals surface area contributed by atoms with E-state index in [1.165, 1.54) is 6.07 Å². The lowest BCUT2D eigenvalue weighted by Gasteiger charge is -2.09. The van der Waals surface area contributed by atoms with Crippen LogP contribution in [0.2, 0.25) is 0 Å². The van der Waals surface area contributed by atoms with E-state index >= 15 is 0 Å². The van der Waals surface area contributed by atoms with Gasteiger partial charge in [0.15, 0.2) is 0 Å². The summed E-state index contributed by atoms with van der Waals surface area (Å²) < 4.78 is 24.5. The van der Waals surface area contributed by atoms with E-state index in [-0.39, 0.29) is 11.3 Å². The fraction of sp³-hybridized carbons (Fsp3) is 0.100. The van der Waals surface area contributed by atoms with Crippen molar-refractivity contribution in [3.63, 3.8) is 0 Å². The third-order valence-electron chi connectivity index (χ3n) is 1.93. The Morgan fingerprint density at radius 1 is 1.44 bits per heavy atom. The van der Waals surface area contributed by atoms with Crippen molar-refractivity contribution < 1.29 is 23.4 Å². The summed E-state index contributed by atoms with van der Waals surface area (Å²) >= 11 is 4.43. The number of carbonyl (C=O) groups is 2. The van der Waals surface area contributed by atoms with Crippen LogP contribution in [0, 0.1) is 5.82 Å². The highest BCUT2D eigenvalue weighted by atomic mass is 32.1. The summed E-state index contributed by atoms with van der Waals surface area (Å²) in [6, 6.07) is 3.27. The molecule has 0 spiro atoms. The minimum atomic E-state index is -1.17. The standard InChI is InChI=1S/C10H8F2N2O3S/c11-6-1-2-8(13-4-9(15)17-12)7(3-6)10(16)14-5-18/h1-3,5,13H,4H2,(H,14,16,18). The molecule has 1 rings (SSSR count). The number of carbonyl (C=O) groups excluding carboxylic acids is 2. The molecule has 0 aliphatic rings. The SMILES string of the molecule is O=C(CNc1ccc(F)cc1C(=O)NC=S)OF. The van der Waals surface area contributed by atoms with Gasteiger partial charge in [-0.2, -0.15) is 0 Å². The quantitative estimate of drug-likeness (QED) is 0.793. The zero-order chi connectivity index (χ0) is 13.5. The molecule has 0 atom stereocenters. The Labute approximate surface area is 106 Å². The Kier molecular flexibility index (Phi) is 5.12. The fourth-order valence-corrected chi connectivity index (χ4v) is 1.29. The van der Waals surface area contributed by atoms with E-state index in [1.807, 2.05) is 0 Å². The zero-order valence-electron chi connectivity index (χ0n) is 8.91. The topological polar surface area (TPSA) is 67.4 Å². The number of halogens is 2. The van der Waals surface area contributed by atoms with Crippen LogP contribution in [0.3, 0.4) is 0 Å². The highest BCUT2D eigenvalue weighted by Crippen LogP contribution is 2.16. The molecule has 0 aliphatic heterocycles. The number of benzene rings is 1. The lowest BCUT2D eigenvalue weighted by Crippen LogP contribution is -2.23. The van der Waals surface area contributed by atoms with Crippen LogP contribution in [0.25, 0.3) is 0 Å². The lowest BCUT2D eigenvalue weighted by molar-refractivity contribution is -0.181. The number of hydrogen-bond donors (Lipinski definition) is 2. The average molecular weight is 274 g/mol. The molecule has 0 saturated heterocycles. The van der Waals surface area contributed by atoms with Gasteiger partial charge >= 0.3 is 5.97 Å². The van der Waals surface area contributed by atoms with Crippen molar-refractivity contribution in [2.45, 2.75) is 0 Å². The van der Waals surface area contributed by atoms with Crippen LogP contribution in [-0.4, -0.2) is 23.9 Å². The number of anilines is 1. The molecule has 1 aromatic rings. The number of hydrogen-bond acceptors (Lipinski definition) is 5. The summed E-state index contributed by atoms with van der Waals surface area (Å²) in [7, 11) is 0. The van der Waals surface area contributed by atoms with E-state index in [0.29, 0.717) is 0 Å². The van der Waals surface area contributed by atoms with Gasteiger partial charge < -0.3 is 10.6 Å². The molecule has 2 N–H and O–H groups in total. The van der Waals surface area contributed by atoms with Gasteiger partial charge in [0.25, 0.3) is 5.91 Å².